The number of nitrogen functional groups attached to an aromatic ring is 1. The fraction of sp³-hybridized carbons (Fsp3) is 0.308. The summed E-state index contributed by atoms with van der Waals surface area (Å²) in [5.41, 5.74) is 8.40. The summed E-state index contributed by atoms with van der Waals surface area (Å²) in [5.74, 6) is 0.767. The molecule has 4 heteroatoms. The van der Waals surface area contributed by atoms with E-state index < -0.39 is 0 Å². The number of anilines is 1. The molecular weight excluding hydrogens is 214 g/mol. The van der Waals surface area contributed by atoms with E-state index in [4.69, 9.17) is 10.5 Å². The number of rotatable bonds is 2. The Hall–Kier alpha value is -1.97. The highest BCUT2D eigenvalue weighted by Gasteiger charge is 2.07. The van der Waals surface area contributed by atoms with Gasteiger partial charge < -0.3 is 10.5 Å². The Morgan fingerprint density at radius 2 is 2.00 bits per heavy atom. The molecule has 1 aromatic heterocycles. The van der Waals surface area contributed by atoms with E-state index in [2.05, 4.69) is 5.10 Å². The Morgan fingerprint density at radius 1 is 1.29 bits per heavy atom. The maximum atomic E-state index is 5.69. The summed E-state index contributed by atoms with van der Waals surface area (Å²) in [7, 11) is 3.52. The summed E-state index contributed by atoms with van der Waals surface area (Å²) in [6.45, 7) is 4.00. The number of aryl methyl sites for hydroxylation is 1. The van der Waals surface area contributed by atoms with Crippen LogP contribution in [-0.4, -0.2) is 16.9 Å². The van der Waals surface area contributed by atoms with Gasteiger partial charge >= 0.3 is 0 Å². The van der Waals surface area contributed by atoms with Gasteiger partial charge in [-0.2, -0.15) is 5.10 Å². The van der Waals surface area contributed by atoms with Crippen LogP contribution in [0.25, 0.3) is 11.1 Å². The third-order valence-electron chi connectivity index (χ3n) is 2.24. The van der Waals surface area contributed by atoms with Gasteiger partial charge in [0.05, 0.1) is 13.3 Å². The van der Waals surface area contributed by atoms with E-state index in [9.17, 15) is 0 Å². The topological polar surface area (TPSA) is 53.1 Å². The molecule has 0 saturated heterocycles. The van der Waals surface area contributed by atoms with Crippen molar-refractivity contribution in [2.24, 2.45) is 7.05 Å². The number of ether oxygens (including phenoxy) is 1. The monoisotopic (exact) mass is 233 g/mol. The molecule has 0 aliphatic heterocycles. The molecule has 2 N–H and O–H groups in total. The first-order chi connectivity index (χ1) is 8.20. The van der Waals surface area contributed by atoms with Crippen LogP contribution in [-0.2, 0) is 7.05 Å². The number of hydrogen-bond donors (Lipinski definition) is 1. The van der Waals surface area contributed by atoms with Crippen molar-refractivity contribution >= 4 is 5.69 Å². The van der Waals surface area contributed by atoms with Crippen LogP contribution in [0.2, 0.25) is 0 Å². The minimum atomic E-state index is 0.694. The highest BCUT2D eigenvalue weighted by Crippen LogP contribution is 2.30. The van der Waals surface area contributed by atoms with Gasteiger partial charge in [0.15, 0.2) is 0 Å². The summed E-state index contributed by atoms with van der Waals surface area (Å²) in [5, 5.41) is 4.12. The molecule has 92 valence electrons. The molecule has 0 radical (unpaired) electrons. The SMILES string of the molecule is CC.COc1cc(N)ccc1-c1cnn(C)c1. The molecule has 2 rings (SSSR count). The van der Waals surface area contributed by atoms with Gasteiger partial charge in [0.1, 0.15) is 5.75 Å². The number of benzene rings is 1. The Balaban J connectivity index is 0.000000686. The first-order valence-corrected chi connectivity index (χ1v) is 5.63. The molecule has 0 aliphatic carbocycles. The highest BCUT2D eigenvalue weighted by atomic mass is 16.5. The van der Waals surface area contributed by atoms with Crippen LogP contribution in [0.15, 0.2) is 30.6 Å². The van der Waals surface area contributed by atoms with Crippen LogP contribution in [0, 0.1) is 0 Å². The van der Waals surface area contributed by atoms with Crippen LogP contribution in [0.5, 0.6) is 5.75 Å². The largest absolute Gasteiger partial charge is 0.496 e. The average molecular weight is 233 g/mol. The van der Waals surface area contributed by atoms with Crippen LogP contribution in [0.3, 0.4) is 0 Å². The fourth-order valence-electron chi connectivity index (χ4n) is 1.51. The summed E-state index contributed by atoms with van der Waals surface area (Å²) in [6, 6.07) is 5.60. The van der Waals surface area contributed by atoms with Crippen LogP contribution in [0.1, 0.15) is 13.8 Å². The molecule has 17 heavy (non-hydrogen) atoms. The lowest BCUT2D eigenvalue weighted by Gasteiger charge is -2.07. The predicted molar refractivity (Wildman–Crippen MR) is 71.0 cm³/mol. The van der Waals surface area contributed by atoms with Crippen molar-refractivity contribution in [2.75, 3.05) is 12.8 Å². The third-order valence-corrected chi connectivity index (χ3v) is 2.24. The van der Waals surface area contributed by atoms with E-state index in [-0.39, 0.29) is 0 Å². The second-order valence-electron chi connectivity index (χ2n) is 3.36. The van der Waals surface area contributed by atoms with Crippen molar-refractivity contribution in [3.8, 4) is 16.9 Å². The molecule has 0 aliphatic rings. The molecule has 4 nitrogen and oxygen atoms in total. The number of nitrogens with zero attached hydrogens (tertiary/aromatic N) is 2. The van der Waals surface area contributed by atoms with Gasteiger partial charge in [0.2, 0.25) is 0 Å². The second-order valence-corrected chi connectivity index (χ2v) is 3.36. The lowest BCUT2D eigenvalue weighted by molar-refractivity contribution is 0.416. The Kier molecular flexibility index (Phi) is 4.57. The van der Waals surface area contributed by atoms with Gasteiger partial charge in [-0.05, 0) is 12.1 Å². The van der Waals surface area contributed by atoms with E-state index in [1.807, 2.05) is 45.3 Å². The Bertz CT molecular complexity index is 477. The molecule has 1 heterocycles. The third kappa shape index (κ3) is 3.00. The zero-order valence-corrected chi connectivity index (χ0v) is 10.8. The van der Waals surface area contributed by atoms with Gasteiger partial charge in [-0.3, -0.25) is 4.68 Å². The molecule has 0 bridgehead atoms. The lowest BCUT2D eigenvalue weighted by atomic mass is 10.1. The van der Waals surface area contributed by atoms with E-state index in [0.717, 1.165) is 16.9 Å². The van der Waals surface area contributed by atoms with Gasteiger partial charge in [-0.15, -0.1) is 0 Å². The van der Waals surface area contributed by atoms with Crippen molar-refractivity contribution in [1.29, 1.82) is 0 Å². The summed E-state index contributed by atoms with van der Waals surface area (Å²) in [4.78, 5) is 0. The standard InChI is InChI=1S/C11H13N3O.C2H6/c1-14-7-8(6-13-14)10-4-3-9(12)5-11(10)15-2;1-2/h3-7H,12H2,1-2H3;1-2H3. The molecule has 0 unspecified atom stereocenters. The maximum Gasteiger partial charge on any atom is 0.128 e. The molecular formula is C13H19N3O. The van der Waals surface area contributed by atoms with Crippen molar-refractivity contribution in [2.45, 2.75) is 13.8 Å². The quantitative estimate of drug-likeness (QED) is 0.811. The number of hydrogen-bond acceptors (Lipinski definition) is 3. The summed E-state index contributed by atoms with van der Waals surface area (Å²) >= 11 is 0. The van der Waals surface area contributed by atoms with Gasteiger partial charge in [0.25, 0.3) is 0 Å². The van der Waals surface area contributed by atoms with Crippen molar-refractivity contribution in [3.63, 3.8) is 0 Å². The first kappa shape index (κ1) is 13.1. The summed E-state index contributed by atoms with van der Waals surface area (Å²) in [6.07, 6.45) is 3.74. The number of aromatic nitrogens is 2. The molecule has 0 amide bonds. The number of methoxy groups -OCH3 is 1. The van der Waals surface area contributed by atoms with E-state index in [1.54, 1.807) is 18.0 Å². The van der Waals surface area contributed by atoms with E-state index in [1.165, 1.54) is 0 Å². The molecule has 0 saturated carbocycles. The van der Waals surface area contributed by atoms with Gasteiger partial charge in [0, 0.05) is 36.1 Å². The van der Waals surface area contributed by atoms with Crippen LogP contribution < -0.4 is 10.5 Å². The van der Waals surface area contributed by atoms with Crippen LogP contribution in [0.4, 0.5) is 5.69 Å². The second kappa shape index (κ2) is 5.94. The maximum absolute atomic E-state index is 5.69. The van der Waals surface area contributed by atoms with Gasteiger partial charge in [-0.25, -0.2) is 0 Å². The smallest absolute Gasteiger partial charge is 0.128 e. The van der Waals surface area contributed by atoms with Crippen LogP contribution >= 0.6 is 0 Å². The predicted octanol–water partition coefficient (Wildman–Crippen LogP) is 2.70. The Labute approximate surface area is 102 Å². The van der Waals surface area contributed by atoms with Gasteiger partial charge in [-0.1, -0.05) is 13.8 Å². The van der Waals surface area contributed by atoms with Crippen molar-refractivity contribution in [1.82, 2.24) is 9.78 Å². The molecule has 0 spiro atoms. The number of nitrogens with two attached hydrogens (primary N) is 1. The minimum absolute atomic E-state index is 0.694. The molecule has 2 aromatic rings. The average Bonchev–Trinajstić information content (AvgIpc) is 2.78. The lowest BCUT2D eigenvalue weighted by Crippen LogP contribution is -1.90. The van der Waals surface area contributed by atoms with E-state index in [0.29, 0.717) is 5.69 Å². The molecule has 0 fully saturated rings. The highest BCUT2D eigenvalue weighted by molar-refractivity contribution is 5.71. The van der Waals surface area contributed by atoms with Crippen molar-refractivity contribution < 1.29 is 4.74 Å². The zero-order chi connectivity index (χ0) is 12.8. The minimum Gasteiger partial charge on any atom is -0.496 e. The normalized spacial score (nSPS) is 9.41. The summed E-state index contributed by atoms with van der Waals surface area (Å²) < 4.78 is 7.03. The van der Waals surface area contributed by atoms with E-state index >= 15 is 0 Å². The fourth-order valence-corrected chi connectivity index (χ4v) is 1.51. The molecule has 1 aromatic carbocycles. The Morgan fingerprint density at radius 3 is 2.53 bits per heavy atom. The molecule has 0 atom stereocenters. The first-order valence-electron chi connectivity index (χ1n) is 5.63. The zero-order valence-electron chi connectivity index (χ0n) is 10.8. The van der Waals surface area contributed by atoms with Crippen molar-refractivity contribution in [3.05, 3.63) is 30.6 Å².